The molecule has 2 aromatic heterocycles. The van der Waals surface area contributed by atoms with E-state index in [4.69, 9.17) is 0 Å². The van der Waals surface area contributed by atoms with E-state index in [1.807, 2.05) is 13.1 Å². The molecule has 0 bridgehead atoms. The summed E-state index contributed by atoms with van der Waals surface area (Å²) in [6.07, 6.45) is 1.91. The molecular weight excluding hydrogens is 134 g/mol. The van der Waals surface area contributed by atoms with Crippen LogP contribution in [0.25, 0.3) is 4.96 Å². The molecule has 0 aliphatic carbocycles. The van der Waals surface area contributed by atoms with Crippen LogP contribution in [0.4, 0.5) is 0 Å². The molecule has 4 heteroatoms. The van der Waals surface area contributed by atoms with Gasteiger partial charge in [0.15, 0.2) is 0 Å². The fraction of sp³-hybridized carbons (Fsp3) is 0.200. The van der Waals surface area contributed by atoms with Crippen LogP contribution in [0.2, 0.25) is 0 Å². The molecule has 0 fully saturated rings. The minimum absolute atomic E-state index is 0.965. The first kappa shape index (κ1) is 4.93. The Bertz CT molecular complexity index is 293. The van der Waals surface area contributed by atoms with Crippen LogP contribution in [0.3, 0.4) is 0 Å². The molecule has 0 aromatic carbocycles. The lowest BCUT2D eigenvalue weighted by molar-refractivity contribution is 0.971. The molecule has 0 aliphatic rings. The van der Waals surface area contributed by atoms with Crippen LogP contribution in [0.1, 0.15) is 5.69 Å². The Balaban J connectivity index is 2.92. The summed E-state index contributed by atoms with van der Waals surface area (Å²) in [4.78, 5) is 5.16. The average Bonchev–Trinajstić information content (AvgIpc) is 2.22. The number of fused-ring (bicyclic) bond motifs is 1. The first-order chi connectivity index (χ1) is 4.36. The van der Waals surface area contributed by atoms with Gasteiger partial charge in [-0.25, -0.2) is 9.50 Å². The number of aromatic nitrogens is 3. The molecule has 0 atom stereocenters. The molecule has 0 aliphatic heterocycles. The third-order valence-electron chi connectivity index (χ3n) is 1.11. The van der Waals surface area contributed by atoms with Crippen molar-refractivity contribution in [3.63, 3.8) is 0 Å². The van der Waals surface area contributed by atoms with E-state index in [9.17, 15) is 0 Å². The van der Waals surface area contributed by atoms with E-state index in [2.05, 4.69) is 10.1 Å². The molecule has 0 amide bonds. The zero-order chi connectivity index (χ0) is 6.27. The van der Waals surface area contributed by atoms with Crippen molar-refractivity contribution in [3.05, 3.63) is 17.4 Å². The Morgan fingerprint density at radius 1 is 1.67 bits per heavy atom. The first-order valence-corrected chi connectivity index (χ1v) is 3.50. The summed E-state index contributed by atoms with van der Waals surface area (Å²) in [5, 5.41) is 4.01. The van der Waals surface area contributed by atoms with E-state index in [-0.39, 0.29) is 0 Å². The second-order valence-electron chi connectivity index (χ2n) is 1.85. The van der Waals surface area contributed by atoms with E-state index in [1.165, 1.54) is 0 Å². The summed E-state index contributed by atoms with van der Waals surface area (Å²) in [7, 11) is 0. The molecule has 0 saturated carbocycles. The van der Waals surface area contributed by atoms with Crippen molar-refractivity contribution in [1.82, 2.24) is 14.6 Å². The van der Waals surface area contributed by atoms with Gasteiger partial charge in [0.2, 0.25) is 4.96 Å². The lowest BCUT2D eigenvalue weighted by Gasteiger charge is -1.70. The van der Waals surface area contributed by atoms with E-state index in [0.717, 1.165) is 10.7 Å². The quantitative estimate of drug-likeness (QED) is 0.547. The monoisotopic (exact) mass is 139 g/mol. The highest BCUT2D eigenvalue weighted by Crippen LogP contribution is 2.06. The van der Waals surface area contributed by atoms with Crippen LogP contribution in [0, 0.1) is 6.92 Å². The normalized spacial score (nSPS) is 10.8. The van der Waals surface area contributed by atoms with Gasteiger partial charge in [-0.15, -0.1) is 0 Å². The smallest absolute Gasteiger partial charge is 0.212 e. The fourth-order valence-corrected chi connectivity index (χ4v) is 1.40. The van der Waals surface area contributed by atoms with Crippen molar-refractivity contribution in [2.75, 3.05) is 0 Å². The number of hydrogen-bond donors (Lipinski definition) is 0. The number of imidazole rings is 1. The first-order valence-electron chi connectivity index (χ1n) is 2.62. The van der Waals surface area contributed by atoms with E-state index < -0.39 is 0 Å². The summed E-state index contributed by atoms with van der Waals surface area (Å²) < 4.78 is 1.78. The van der Waals surface area contributed by atoms with Crippen molar-refractivity contribution in [3.8, 4) is 0 Å². The van der Waals surface area contributed by atoms with Gasteiger partial charge < -0.3 is 0 Å². The zero-order valence-electron chi connectivity index (χ0n) is 4.90. The van der Waals surface area contributed by atoms with Gasteiger partial charge >= 0.3 is 0 Å². The SMILES string of the molecule is Cc1cn2ncsc2n1. The lowest BCUT2D eigenvalue weighted by Crippen LogP contribution is -1.75. The molecule has 0 unspecified atom stereocenters. The molecule has 2 aromatic rings. The predicted molar refractivity (Wildman–Crippen MR) is 35.6 cm³/mol. The lowest BCUT2D eigenvalue weighted by atomic mass is 10.6. The van der Waals surface area contributed by atoms with Crippen molar-refractivity contribution < 1.29 is 0 Å². The molecule has 0 N–H and O–H groups in total. The Hall–Kier alpha value is -0.900. The van der Waals surface area contributed by atoms with Crippen molar-refractivity contribution in [2.24, 2.45) is 0 Å². The minimum Gasteiger partial charge on any atom is -0.223 e. The Labute approximate surface area is 56.0 Å². The molecule has 3 nitrogen and oxygen atoms in total. The fourth-order valence-electron chi connectivity index (χ4n) is 0.748. The van der Waals surface area contributed by atoms with Crippen LogP contribution in [0.15, 0.2) is 11.7 Å². The van der Waals surface area contributed by atoms with Gasteiger partial charge in [-0.1, -0.05) is 11.3 Å². The Morgan fingerprint density at radius 2 is 2.56 bits per heavy atom. The summed E-state index contributed by atoms with van der Waals surface area (Å²) in [6, 6.07) is 0. The van der Waals surface area contributed by atoms with Gasteiger partial charge in [0.25, 0.3) is 0 Å². The number of aryl methyl sites for hydroxylation is 1. The summed E-state index contributed by atoms with van der Waals surface area (Å²) >= 11 is 1.55. The van der Waals surface area contributed by atoms with Gasteiger partial charge in [0.05, 0.1) is 11.9 Å². The molecule has 2 heterocycles. The van der Waals surface area contributed by atoms with Crippen LogP contribution in [-0.4, -0.2) is 14.6 Å². The van der Waals surface area contributed by atoms with Crippen molar-refractivity contribution in [1.29, 1.82) is 0 Å². The van der Waals surface area contributed by atoms with Crippen LogP contribution >= 0.6 is 11.3 Å². The van der Waals surface area contributed by atoms with Gasteiger partial charge in [-0.2, -0.15) is 5.10 Å². The summed E-state index contributed by atoms with van der Waals surface area (Å²) in [6.45, 7) is 1.96. The highest BCUT2D eigenvalue weighted by Gasteiger charge is 1.96. The maximum Gasteiger partial charge on any atom is 0.212 e. The molecule has 2 rings (SSSR count). The maximum absolute atomic E-state index is 4.19. The Kier molecular flexibility index (Phi) is 0.843. The number of hydrogen-bond acceptors (Lipinski definition) is 3. The van der Waals surface area contributed by atoms with Crippen LogP contribution < -0.4 is 0 Å². The molecule has 9 heavy (non-hydrogen) atoms. The second kappa shape index (κ2) is 1.54. The van der Waals surface area contributed by atoms with E-state index in [0.29, 0.717) is 0 Å². The van der Waals surface area contributed by atoms with E-state index >= 15 is 0 Å². The van der Waals surface area contributed by atoms with Crippen molar-refractivity contribution in [2.45, 2.75) is 6.92 Å². The number of rotatable bonds is 0. The van der Waals surface area contributed by atoms with Gasteiger partial charge in [-0.05, 0) is 6.92 Å². The van der Waals surface area contributed by atoms with Gasteiger partial charge in [0.1, 0.15) is 5.51 Å². The highest BCUT2D eigenvalue weighted by atomic mass is 32.1. The molecule has 0 spiro atoms. The maximum atomic E-state index is 4.19. The molecule has 0 saturated heterocycles. The largest absolute Gasteiger partial charge is 0.223 e. The van der Waals surface area contributed by atoms with Crippen LogP contribution in [0.5, 0.6) is 0 Å². The minimum atomic E-state index is 0.965. The summed E-state index contributed by atoms with van der Waals surface area (Å²) in [5.74, 6) is 0. The zero-order valence-corrected chi connectivity index (χ0v) is 5.72. The number of nitrogens with zero attached hydrogens (tertiary/aromatic N) is 3. The predicted octanol–water partition coefficient (Wildman–Crippen LogP) is 1.10. The third-order valence-corrected chi connectivity index (χ3v) is 1.80. The molecule has 0 radical (unpaired) electrons. The van der Waals surface area contributed by atoms with Gasteiger partial charge in [-0.3, -0.25) is 0 Å². The molecular formula is C5H5N3S. The van der Waals surface area contributed by atoms with E-state index in [1.54, 1.807) is 21.4 Å². The third kappa shape index (κ3) is 0.632. The van der Waals surface area contributed by atoms with Gasteiger partial charge in [0, 0.05) is 0 Å². The molecule has 46 valence electrons. The Morgan fingerprint density at radius 3 is 3.33 bits per heavy atom. The standard InChI is InChI=1S/C5H5N3S/c1-4-2-8-5(7-4)9-3-6-8/h2-3H,1H3. The highest BCUT2D eigenvalue weighted by molar-refractivity contribution is 7.14. The van der Waals surface area contributed by atoms with Crippen molar-refractivity contribution >= 4 is 16.3 Å². The second-order valence-corrected chi connectivity index (χ2v) is 2.66. The van der Waals surface area contributed by atoms with Crippen LogP contribution in [-0.2, 0) is 0 Å². The summed E-state index contributed by atoms with van der Waals surface area (Å²) in [5.41, 5.74) is 2.80. The average molecular weight is 139 g/mol. The topological polar surface area (TPSA) is 30.2 Å².